The molecule has 0 atom stereocenters. The van der Waals surface area contributed by atoms with Gasteiger partial charge in [0, 0.05) is 6.07 Å². The molecule has 0 aliphatic heterocycles. The van der Waals surface area contributed by atoms with Crippen LogP contribution in [0.4, 0.5) is 0 Å². The molecule has 1 N–H and O–H groups in total. The highest BCUT2D eigenvalue weighted by Crippen LogP contribution is 2.28. The van der Waals surface area contributed by atoms with Crippen molar-refractivity contribution in [2.24, 2.45) is 0 Å². The van der Waals surface area contributed by atoms with Crippen LogP contribution in [0.15, 0.2) is 16.6 Å². The third kappa shape index (κ3) is 1.25. The summed E-state index contributed by atoms with van der Waals surface area (Å²) in [4.78, 5) is 8.22. The second-order valence-corrected chi connectivity index (χ2v) is 4.28. The van der Waals surface area contributed by atoms with Crippen molar-refractivity contribution in [2.45, 2.75) is 4.34 Å². The van der Waals surface area contributed by atoms with Crippen LogP contribution in [0.3, 0.4) is 0 Å². The van der Waals surface area contributed by atoms with E-state index >= 15 is 0 Å². The molecular weight excluding hydrogens is 192 g/mol. The van der Waals surface area contributed by atoms with E-state index in [9.17, 15) is 0 Å². The second-order valence-electron chi connectivity index (χ2n) is 2.20. The maximum Gasteiger partial charge on any atom is 0.171 e. The summed E-state index contributed by atoms with van der Waals surface area (Å²) in [7, 11) is 0. The van der Waals surface area contributed by atoms with Gasteiger partial charge in [-0.1, -0.05) is 11.8 Å². The average Bonchev–Trinajstić information content (AvgIpc) is 2.46. The molecule has 0 radical (unpaired) electrons. The van der Waals surface area contributed by atoms with Crippen molar-refractivity contribution in [1.29, 1.82) is 0 Å². The van der Waals surface area contributed by atoms with Gasteiger partial charge in [-0.2, -0.15) is 0 Å². The van der Waals surface area contributed by atoms with Gasteiger partial charge in [0.2, 0.25) is 0 Å². The van der Waals surface area contributed by atoms with Gasteiger partial charge in [0.05, 0.1) is 10.9 Å². The number of thiazole rings is 1. The highest BCUT2D eigenvalue weighted by molar-refractivity contribution is 8.00. The summed E-state index contributed by atoms with van der Waals surface area (Å²) >= 11 is 3.13. The largest absolute Gasteiger partial charge is 0.506 e. The van der Waals surface area contributed by atoms with Gasteiger partial charge >= 0.3 is 0 Å². The van der Waals surface area contributed by atoms with Crippen LogP contribution in [0.2, 0.25) is 0 Å². The predicted molar refractivity (Wildman–Crippen MR) is 50.9 cm³/mol. The summed E-state index contributed by atoms with van der Waals surface area (Å²) in [5.74, 6) is 0.193. The maximum atomic E-state index is 9.12. The molecule has 5 heteroatoms. The monoisotopic (exact) mass is 198 g/mol. The van der Waals surface area contributed by atoms with Crippen LogP contribution in [0, 0.1) is 0 Å². The summed E-state index contributed by atoms with van der Waals surface area (Å²) in [6.07, 6.45) is 3.38. The standard InChI is InChI=1S/C7H6N2OS2/c1-11-7-9-6-5(12-7)2-4(10)3-8-6/h2-3,10H,1H3. The first-order valence-electron chi connectivity index (χ1n) is 3.29. The Labute approximate surface area is 77.5 Å². The zero-order valence-electron chi connectivity index (χ0n) is 6.31. The van der Waals surface area contributed by atoms with E-state index in [0.717, 1.165) is 9.04 Å². The van der Waals surface area contributed by atoms with Crippen molar-refractivity contribution in [3.8, 4) is 5.75 Å². The van der Waals surface area contributed by atoms with Crippen LogP contribution in [0.5, 0.6) is 5.75 Å². The van der Waals surface area contributed by atoms with E-state index in [-0.39, 0.29) is 5.75 Å². The fourth-order valence-electron chi connectivity index (χ4n) is 0.877. The lowest BCUT2D eigenvalue weighted by atomic mass is 10.4. The van der Waals surface area contributed by atoms with E-state index in [1.807, 2.05) is 6.26 Å². The van der Waals surface area contributed by atoms with Gasteiger partial charge in [-0.15, -0.1) is 11.3 Å². The smallest absolute Gasteiger partial charge is 0.171 e. The lowest BCUT2D eigenvalue weighted by molar-refractivity contribution is 0.474. The summed E-state index contributed by atoms with van der Waals surface area (Å²) < 4.78 is 1.91. The number of aromatic nitrogens is 2. The molecule has 3 nitrogen and oxygen atoms in total. The molecule has 0 spiro atoms. The third-order valence-electron chi connectivity index (χ3n) is 1.39. The fourth-order valence-corrected chi connectivity index (χ4v) is 2.35. The Morgan fingerprint density at radius 3 is 3.17 bits per heavy atom. The van der Waals surface area contributed by atoms with E-state index in [4.69, 9.17) is 5.11 Å². The van der Waals surface area contributed by atoms with Gasteiger partial charge in [-0.05, 0) is 6.26 Å². The average molecular weight is 198 g/mol. The molecule has 0 amide bonds. The minimum absolute atomic E-state index is 0.193. The van der Waals surface area contributed by atoms with Crippen molar-refractivity contribution in [2.75, 3.05) is 6.26 Å². The number of aromatic hydroxyl groups is 1. The van der Waals surface area contributed by atoms with Gasteiger partial charge in [-0.25, -0.2) is 9.97 Å². The molecule has 0 aromatic carbocycles. The summed E-state index contributed by atoms with van der Waals surface area (Å²) in [6, 6.07) is 1.68. The van der Waals surface area contributed by atoms with Gasteiger partial charge in [0.25, 0.3) is 0 Å². The predicted octanol–water partition coefficient (Wildman–Crippen LogP) is 2.12. The van der Waals surface area contributed by atoms with Crippen LogP contribution >= 0.6 is 23.1 Å². The van der Waals surface area contributed by atoms with Crippen molar-refractivity contribution in [3.05, 3.63) is 12.3 Å². The Morgan fingerprint density at radius 1 is 1.58 bits per heavy atom. The van der Waals surface area contributed by atoms with Crippen molar-refractivity contribution in [3.63, 3.8) is 0 Å². The first-order valence-corrected chi connectivity index (χ1v) is 5.33. The molecule has 12 heavy (non-hydrogen) atoms. The summed E-state index contributed by atoms with van der Waals surface area (Å²) in [5, 5.41) is 9.12. The topological polar surface area (TPSA) is 46.0 Å². The molecule has 2 heterocycles. The molecule has 0 aliphatic rings. The first kappa shape index (κ1) is 7.82. The van der Waals surface area contributed by atoms with E-state index < -0.39 is 0 Å². The molecule has 2 rings (SSSR count). The Balaban J connectivity index is 2.67. The molecule has 0 fully saturated rings. The zero-order valence-corrected chi connectivity index (χ0v) is 7.95. The molecule has 62 valence electrons. The lowest BCUT2D eigenvalue weighted by Crippen LogP contribution is -1.74. The van der Waals surface area contributed by atoms with Crippen LogP contribution in [-0.4, -0.2) is 21.3 Å². The second kappa shape index (κ2) is 2.91. The van der Waals surface area contributed by atoms with Gasteiger partial charge < -0.3 is 5.11 Å². The van der Waals surface area contributed by atoms with Crippen molar-refractivity contribution < 1.29 is 5.11 Å². The van der Waals surface area contributed by atoms with E-state index in [0.29, 0.717) is 5.65 Å². The lowest BCUT2D eigenvalue weighted by Gasteiger charge is -1.87. The molecule has 0 aliphatic carbocycles. The Bertz CT molecular complexity index is 413. The van der Waals surface area contributed by atoms with E-state index in [2.05, 4.69) is 9.97 Å². The Morgan fingerprint density at radius 2 is 2.42 bits per heavy atom. The molecule has 2 aromatic heterocycles. The zero-order chi connectivity index (χ0) is 8.55. The quantitative estimate of drug-likeness (QED) is 0.713. The Kier molecular flexibility index (Phi) is 1.90. The molecule has 2 aromatic rings. The van der Waals surface area contributed by atoms with Crippen LogP contribution in [-0.2, 0) is 0 Å². The molecule has 0 bridgehead atoms. The van der Waals surface area contributed by atoms with E-state index in [1.54, 1.807) is 29.2 Å². The number of thioether (sulfide) groups is 1. The van der Waals surface area contributed by atoms with E-state index in [1.165, 1.54) is 6.20 Å². The molecule has 0 saturated heterocycles. The number of pyridine rings is 1. The van der Waals surface area contributed by atoms with Crippen molar-refractivity contribution >= 4 is 33.4 Å². The highest BCUT2D eigenvalue weighted by Gasteiger charge is 2.03. The minimum Gasteiger partial charge on any atom is -0.506 e. The highest BCUT2D eigenvalue weighted by atomic mass is 32.2. The number of hydrogen-bond acceptors (Lipinski definition) is 5. The first-order chi connectivity index (χ1) is 5.79. The number of fused-ring (bicyclic) bond motifs is 1. The fraction of sp³-hybridized carbons (Fsp3) is 0.143. The van der Waals surface area contributed by atoms with Gasteiger partial charge in [-0.3, -0.25) is 0 Å². The van der Waals surface area contributed by atoms with Crippen LogP contribution in [0.25, 0.3) is 10.3 Å². The van der Waals surface area contributed by atoms with Crippen molar-refractivity contribution in [1.82, 2.24) is 9.97 Å². The number of hydrogen-bond donors (Lipinski definition) is 1. The summed E-state index contributed by atoms with van der Waals surface area (Å²) in [5.41, 5.74) is 0.710. The number of nitrogens with zero attached hydrogens (tertiary/aromatic N) is 2. The van der Waals surface area contributed by atoms with Gasteiger partial charge in [0.15, 0.2) is 9.99 Å². The summed E-state index contributed by atoms with van der Waals surface area (Å²) in [6.45, 7) is 0. The molecule has 0 unspecified atom stereocenters. The van der Waals surface area contributed by atoms with Gasteiger partial charge in [0.1, 0.15) is 5.75 Å². The Hall–Kier alpha value is -0.810. The SMILES string of the molecule is CSc1nc2ncc(O)cc2s1. The normalized spacial score (nSPS) is 10.8. The maximum absolute atomic E-state index is 9.12. The molecule has 0 saturated carbocycles. The number of rotatable bonds is 1. The van der Waals surface area contributed by atoms with Crippen LogP contribution in [0.1, 0.15) is 0 Å². The van der Waals surface area contributed by atoms with Crippen LogP contribution < -0.4 is 0 Å². The molecular formula is C7H6N2OS2. The minimum atomic E-state index is 0.193. The third-order valence-corrected chi connectivity index (χ3v) is 3.36.